The summed E-state index contributed by atoms with van der Waals surface area (Å²) in [7, 11) is 1.60. The zero-order valence-electron chi connectivity index (χ0n) is 12.8. The molecular weight excluding hydrogens is 294 g/mol. The monoisotopic (exact) mass is 311 g/mol. The van der Waals surface area contributed by atoms with Crippen molar-refractivity contribution < 1.29 is 19.4 Å². The molecule has 0 bridgehead atoms. The normalized spacial score (nSPS) is 12.8. The topological polar surface area (TPSA) is 66.8 Å². The van der Waals surface area contributed by atoms with Crippen LogP contribution in [-0.4, -0.2) is 30.6 Å². The van der Waals surface area contributed by atoms with Crippen LogP contribution in [0.5, 0.6) is 5.75 Å². The summed E-state index contributed by atoms with van der Waals surface area (Å²) >= 11 is 0. The summed E-state index contributed by atoms with van der Waals surface area (Å²) in [4.78, 5) is 25.3. The lowest BCUT2D eigenvalue weighted by atomic mass is 10.1. The highest BCUT2D eigenvalue weighted by molar-refractivity contribution is 5.98. The minimum atomic E-state index is -0.948. The molecule has 23 heavy (non-hydrogen) atoms. The lowest BCUT2D eigenvalue weighted by Gasteiger charge is -2.17. The second-order valence-electron chi connectivity index (χ2n) is 5.47. The second kappa shape index (κ2) is 6.12. The molecule has 2 aromatic carbocycles. The van der Waals surface area contributed by atoms with E-state index >= 15 is 0 Å². The van der Waals surface area contributed by atoms with Crippen molar-refractivity contribution in [2.75, 3.05) is 18.6 Å². The predicted molar refractivity (Wildman–Crippen MR) is 86.2 cm³/mol. The fraction of sp³-hybridized carbons (Fsp3) is 0.222. The van der Waals surface area contributed by atoms with Crippen LogP contribution >= 0.6 is 0 Å². The first-order valence-electron chi connectivity index (χ1n) is 7.38. The molecule has 2 aromatic rings. The van der Waals surface area contributed by atoms with Crippen LogP contribution in [0.1, 0.15) is 21.5 Å². The summed E-state index contributed by atoms with van der Waals surface area (Å²) in [6.07, 6.45) is 0.995. The molecule has 1 aliphatic heterocycles. The first kappa shape index (κ1) is 15.1. The molecule has 0 atom stereocenters. The summed E-state index contributed by atoms with van der Waals surface area (Å²) in [5.74, 6) is -0.179. The van der Waals surface area contributed by atoms with Crippen LogP contribution in [0.3, 0.4) is 0 Å². The third-order valence-corrected chi connectivity index (χ3v) is 4.04. The Morgan fingerprint density at radius 3 is 2.57 bits per heavy atom. The SMILES string of the molecule is COc1ccc(CC(=O)N2CCc3cc(C(=O)O)ccc32)cc1. The number of benzene rings is 2. The van der Waals surface area contributed by atoms with Gasteiger partial charge in [-0.25, -0.2) is 4.79 Å². The van der Waals surface area contributed by atoms with Gasteiger partial charge < -0.3 is 14.7 Å². The van der Waals surface area contributed by atoms with Gasteiger partial charge in [-0.1, -0.05) is 12.1 Å². The van der Waals surface area contributed by atoms with E-state index in [1.54, 1.807) is 30.2 Å². The number of carboxylic acid groups (broad SMARTS) is 1. The number of fused-ring (bicyclic) bond motifs is 1. The quantitative estimate of drug-likeness (QED) is 0.942. The third-order valence-electron chi connectivity index (χ3n) is 4.04. The van der Waals surface area contributed by atoms with Crippen molar-refractivity contribution in [1.82, 2.24) is 0 Å². The van der Waals surface area contributed by atoms with Gasteiger partial charge in [-0.3, -0.25) is 4.79 Å². The fourth-order valence-corrected chi connectivity index (χ4v) is 2.81. The zero-order chi connectivity index (χ0) is 16.4. The van der Waals surface area contributed by atoms with Crippen molar-refractivity contribution in [1.29, 1.82) is 0 Å². The summed E-state index contributed by atoms with van der Waals surface area (Å²) in [5, 5.41) is 9.04. The van der Waals surface area contributed by atoms with Gasteiger partial charge in [0.05, 0.1) is 19.1 Å². The van der Waals surface area contributed by atoms with Gasteiger partial charge in [0.15, 0.2) is 0 Å². The average Bonchev–Trinajstić information content (AvgIpc) is 2.98. The Morgan fingerprint density at radius 1 is 1.17 bits per heavy atom. The first-order chi connectivity index (χ1) is 11.1. The Labute approximate surface area is 134 Å². The van der Waals surface area contributed by atoms with Gasteiger partial charge in [-0.15, -0.1) is 0 Å². The molecule has 5 nitrogen and oxygen atoms in total. The van der Waals surface area contributed by atoms with E-state index in [4.69, 9.17) is 9.84 Å². The predicted octanol–water partition coefficient (Wildman–Crippen LogP) is 2.53. The molecule has 0 saturated carbocycles. The van der Waals surface area contributed by atoms with Crippen LogP contribution in [0.4, 0.5) is 5.69 Å². The first-order valence-corrected chi connectivity index (χ1v) is 7.38. The van der Waals surface area contributed by atoms with E-state index < -0.39 is 5.97 Å². The highest BCUT2D eigenvalue weighted by Crippen LogP contribution is 2.29. The van der Waals surface area contributed by atoms with Gasteiger partial charge in [0.1, 0.15) is 5.75 Å². The number of methoxy groups -OCH3 is 1. The van der Waals surface area contributed by atoms with Gasteiger partial charge >= 0.3 is 5.97 Å². The highest BCUT2D eigenvalue weighted by Gasteiger charge is 2.25. The molecule has 1 heterocycles. The van der Waals surface area contributed by atoms with E-state index in [2.05, 4.69) is 0 Å². The molecule has 1 N–H and O–H groups in total. The summed E-state index contributed by atoms with van der Waals surface area (Å²) < 4.78 is 5.11. The number of nitrogens with zero attached hydrogens (tertiary/aromatic N) is 1. The van der Waals surface area contributed by atoms with Crippen molar-refractivity contribution in [3.8, 4) is 5.75 Å². The minimum absolute atomic E-state index is 0.0111. The molecule has 5 heteroatoms. The van der Waals surface area contributed by atoms with Gasteiger partial charge in [0.25, 0.3) is 0 Å². The van der Waals surface area contributed by atoms with Crippen LogP contribution in [0.25, 0.3) is 0 Å². The number of aromatic carboxylic acids is 1. The number of carbonyl (C=O) groups is 2. The molecule has 0 spiro atoms. The molecule has 0 fully saturated rings. The van der Waals surface area contributed by atoms with E-state index in [1.165, 1.54) is 0 Å². The maximum absolute atomic E-state index is 12.5. The van der Waals surface area contributed by atoms with Crippen LogP contribution in [0.15, 0.2) is 42.5 Å². The lowest BCUT2D eigenvalue weighted by molar-refractivity contribution is -0.117. The minimum Gasteiger partial charge on any atom is -0.497 e. The highest BCUT2D eigenvalue weighted by atomic mass is 16.5. The number of rotatable bonds is 4. The van der Waals surface area contributed by atoms with E-state index in [-0.39, 0.29) is 11.5 Å². The Bertz CT molecular complexity index is 752. The fourth-order valence-electron chi connectivity index (χ4n) is 2.81. The van der Waals surface area contributed by atoms with Crippen LogP contribution < -0.4 is 9.64 Å². The van der Waals surface area contributed by atoms with Crippen molar-refractivity contribution in [2.45, 2.75) is 12.8 Å². The molecule has 0 unspecified atom stereocenters. The van der Waals surface area contributed by atoms with Gasteiger partial charge in [0.2, 0.25) is 5.91 Å². The van der Waals surface area contributed by atoms with E-state index in [0.717, 1.165) is 22.6 Å². The van der Waals surface area contributed by atoms with Gasteiger partial charge in [-0.05, 0) is 47.9 Å². The van der Waals surface area contributed by atoms with Crippen LogP contribution in [0, 0.1) is 0 Å². The lowest BCUT2D eigenvalue weighted by Crippen LogP contribution is -2.30. The average molecular weight is 311 g/mol. The zero-order valence-corrected chi connectivity index (χ0v) is 12.8. The molecule has 1 amide bonds. The Kier molecular flexibility index (Phi) is 4.02. The van der Waals surface area contributed by atoms with Gasteiger partial charge in [0, 0.05) is 12.2 Å². The largest absolute Gasteiger partial charge is 0.497 e. The molecule has 3 rings (SSSR count). The third kappa shape index (κ3) is 3.04. The molecule has 1 aliphatic rings. The van der Waals surface area contributed by atoms with E-state index in [0.29, 0.717) is 19.4 Å². The van der Waals surface area contributed by atoms with Gasteiger partial charge in [-0.2, -0.15) is 0 Å². The molecule has 0 saturated heterocycles. The summed E-state index contributed by atoms with van der Waals surface area (Å²) in [5.41, 5.74) is 2.90. The number of carbonyl (C=O) groups excluding carboxylic acids is 1. The van der Waals surface area contributed by atoms with Crippen LogP contribution in [-0.2, 0) is 17.6 Å². The van der Waals surface area contributed by atoms with Crippen molar-refractivity contribution >= 4 is 17.6 Å². The molecule has 0 aliphatic carbocycles. The summed E-state index contributed by atoms with van der Waals surface area (Å²) in [6, 6.07) is 12.3. The van der Waals surface area contributed by atoms with Crippen molar-refractivity contribution in [2.24, 2.45) is 0 Å². The maximum atomic E-state index is 12.5. The number of hydrogen-bond acceptors (Lipinski definition) is 3. The van der Waals surface area contributed by atoms with E-state index in [1.807, 2.05) is 24.3 Å². The summed E-state index contributed by atoms with van der Waals surface area (Å²) in [6.45, 7) is 0.591. The number of hydrogen-bond donors (Lipinski definition) is 1. The van der Waals surface area contributed by atoms with E-state index in [9.17, 15) is 9.59 Å². The van der Waals surface area contributed by atoms with Crippen molar-refractivity contribution in [3.05, 3.63) is 59.2 Å². The van der Waals surface area contributed by atoms with Crippen LogP contribution in [0.2, 0.25) is 0 Å². The number of carboxylic acids is 1. The Balaban J connectivity index is 1.76. The Hall–Kier alpha value is -2.82. The number of ether oxygens (including phenoxy) is 1. The smallest absolute Gasteiger partial charge is 0.335 e. The molecular formula is C18H17NO4. The Morgan fingerprint density at radius 2 is 1.91 bits per heavy atom. The molecule has 0 radical (unpaired) electrons. The molecule has 0 aromatic heterocycles. The maximum Gasteiger partial charge on any atom is 0.335 e. The van der Waals surface area contributed by atoms with Crippen molar-refractivity contribution in [3.63, 3.8) is 0 Å². The second-order valence-corrected chi connectivity index (χ2v) is 5.47. The standard InChI is InChI=1S/C18H17NO4/c1-23-15-5-2-12(3-6-15)10-17(20)19-9-8-13-11-14(18(21)22)4-7-16(13)19/h2-7,11H,8-10H2,1H3,(H,21,22). The number of amides is 1. The number of anilines is 1. The molecule has 118 valence electrons.